The summed E-state index contributed by atoms with van der Waals surface area (Å²) < 4.78 is 7.02. The first-order valence-corrected chi connectivity index (χ1v) is 8.51. The molecule has 0 spiro atoms. The summed E-state index contributed by atoms with van der Waals surface area (Å²) in [5.74, 6) is 0.284. The lowest BCUT2D eigenvalue weighted by Crippen LogP contribution is -2.33. The summed E-state index contributed by atoms with van der Waals surface area (Å²) in [5.41, 5.74) is 2.52. The number of carbonyl (C=O) groups excluding carboxylic acids is 1. The van der Waals surface area contributed by atoms with E-state index in [2.05, 4.69) is 20.6 Å². The maximum absolute atomic E-state index is 12.8. The predicted octanol–water partition coefficient (Wildman–Crippen LogP) is 2.31. The number of hydrogen-bond donors (Lipinski definition) is 2. The van der Waals surface area contributed by atoms with Gasteiger partial charge in [0.05, 0.1) is 35.8 Å². The maximum atomic E-state index is 12.8. The number of aromatic amines is 1. The number of nitrogens with one attached hydrogen (secondary N) is 2. The predicted molar refractivity (Wildman–Crippen MR) is 89.7 cm³/mol. The molecular weight excluding hydrogens is 306 g/mol. The van der Waals surface area contributed by atoms with E-state index >= 15 is 0 Å². The number of amides is 1. The van der Waals surface area contributed by atoms with Crippen molar-refractivity contribution in [3.05, 3.63) is 35.4 Å². The lowest BCUT2D eigenvalue weighted by molar-refractivity contribution is 0.0890. The number of ether oxygens (including phenoxy) is 1. The lowest BCUT2D eigenvalue weighted by Gasteiger charge is -2.22. The third kappa shape index (κ3) is 3.51. The quantitative estimate of drug-likeness (QED) is 0.850. The van der Waals surface area contributed by atoms with Crippen LogP contribution in [-0.4, -0.2) is 39.6 Å². The van der Waals surface area contributed by atoms with Crippen LogP contribution in [0.4, 0.5) is 0 Å². The SMILES string of the molecule is COC[C@@H](NC(=O)c1cn[nH]c1C1CCCCC1)c1ccnn1C. The number of aryl methyl sites for hydroxylation is 1. The first-order chi connectivity index (χ1) is 11.7. The van der Waals surface area contributed by atoms with Crippen LogP contribution in [0, 0.1) is 0 Å². The van der Waals surface area contributed by atoms with E-state index in [1.54, 1.807) is 24.2 Å². The number of nitrogens with zero attached hydrogens (tertiary/aromatic N) is 3. The topological polar surface area (TPSA) is 84.8 Å². The van der Waals surface area contributed by atoms with Gasteiger partial charge in [0.2, 0.25) is 0 Å². The van der Waals surface area contributed by atoms with E-state index in [1.165, 1.54) is 19.3 Å². The van der Waals surface area contributed by atoms with E-state index in [0.717, 1.165) is 24.2 Å². The highest BCUT2D eigenvalue weighted by Gasteiger charge is 2.25. The largest absolute Gasteiger partial charge is 0.382 e. The number of carbonyl (C=O) groups is 1. The molecular formula is C17H25N5O2. The molecule has 130 valence electrons. The zero-order valence-electron chi connectivity index (χ0n) is 14.3. The van der Waals surface area contributed by atoms with Crippen LogP contribution in [0.1, 0.15) is 65.8 Å². The standard InChI is InChI=1S/C17H25N5O2/c1-22-15(8-9-19-22)14(11-24-2)20-17(23)13-10-18-21-16(13)12-6-4-3-5-7-12/h8-10,12,14H,3-7,11H2,1-2H3,(H,18,21)(H,20,23)/t14-/m1/s1. The first-order valence-electron chi connectivity index (χ1n) is 8.51. The molecule has 2 aromatic rings. The van der Waals surface area contributed by atoms with Gasteiger partial charge in [0.1, 0.15) is 0 Å². The van der Waals surface area contributed by atoms with Gasteiger partial charge in [0.25, 0.3) is 5.91 Å². The van der Waals surface area contributed by atoms with Gasteiger partial charge in [-0.1, -0.05) is 19.3 Å². The molecule has 2 heterocycles. The molecule has 1 aliphatic carbocycles. The minimum absolute atomic E-state index is 0.118. The van der Waals surface area contributed by atoms with E-state index in [-0.39, 0.29) is 11.9 Å². The molecule has 0 aromatic carbocycles. The minimum Gasteiger partial charge on any atom is -0.382 e. The number of aromatic nitrogens is 4. The maximum Gasteiger partial charge on any atom is 0.255 e. The Morgan fingerprint density at radius 3 is 2.92 bits per heavy atom. The third-order valence-electron chi connectivity index (χ3n) is 4.78. The van der Waals surface area contributed by atoms with E-state index in [1.807, 2.05) is 13.1 Å². The van der Waals surface area contributed by atoms with Crippen LogP contribution in [0.5, 0.6) is 0 Å². The van der Waals surface area contributed by atoms with Crippen molar-refractivity contribution in [2.75, 3.05) is 13.7 Å². The summed E-state index contributed by atoms with van der Waals surface area (Å²) in [7, 11) is 3.48. The van der Waals surface area contributed by atoms with Gasteiger partial charge in [-0.05, 0) is 18.9 Å². The van der Waals surface area contributed by atoms with E-state index in [4.69, 9.17) is 4.74 Å². The molecule has 0 aliphatic heterocycles. The Kier molecular flexibility index (Phi) is 5.30. The highest BCUT2D eigenvalue weighted by Crippen LogP contribution is 2.33. The highest BCUT2D eigenvalue weighted by molar-refractivity contribution is 5.95. The Morgan fingerprint density at radius 1 is 1.46 bits per heavy atom. The summed E-state index contributed by atoms with van der Waals surface area (Å²) >= 11 is 0. The summed E-state index contributed by atoms with van der Waals surface area (Å²) in [6.07, 6.45) is 9.29. The molecule has 3 rings (SSSR count). The molecule has 0 radical (unpaired) electrons. The van der Waals surface area contributed by atoms with Gasteiger partial charge in [-0.2, -0.15) is 10.2 Å². The van der Waals surface area contributed by atoms with Crippen molar-refractivity contribution in [2.45, 2.75) is 44.1 Å². The molecule has 24 heavy (non-hydrogen) atoms. The third-order valence-corrected chi connectivity index (χ3v) is 4.78. The van der Waals surface area contributed by atoms with Crippen LogP contribution in [-0.2, 0) is 11.8 Å². The number of hydrogen-bond acceptors (Lipinski definition) is 4. The van der Waals surface area contributed by atoms with Crippen molar-refractivity contribution in [3.63, 3.8) is 0 Å². The van der Waals surface area contributed by atoms with Crippen molar-refractivity contribution >= 4 is 5.91 Å². The van der Waals surface area contributed by atoms with Crippen molar-refractivity contribution in [2.24, 2.45) is 7.05 Å². The van der Waals surface area contributed by atoms with Crippen molar-refractivity contribution < 1.29 is 9.53 Å². The van der Waals surface area contributed by atoms with Gasteiger partial charge >= 0.3 is 0 Å². The number of methoxy groups -OCH3 is 1. The summed E-state index contributed by atoms with van der Waals surface area (Å²) in [6, 6.07) is 1.64. The fourth-order valence-electron chi connectivity index (χ4n) is 3.51. The second kappa shape index (κ2) is 7.61. The second-order valence-corrected chi connectivity index (χ2v) is 6.39. The molecule has 1 saturated carbocycles. The van der Waals surface area contributed by atoms with Gasteiger partial charge < -0.3 is 10.1 Å². The van der Waals surface area contributed by atoms with Gasteiger partial charge in [-0.3, -0.25) is 14.6 Å². The Bertz CT molecular complexity index is 672. The normalized spacial score (nSPS) is 16.9. The Labute approximate surface area is 141 Å². The molecule has 1 atom stereocenters. The summed E-state index contributed by atoms with van der Waals surface area (Å²) in [5, 5.41) is 14.4. The summed E-state index contributed by atoms with van der Waals surface area (Å²) in [6.45, 7) is 0.391. The molecule has 2 N–H and O–H groups in total. The Hall–Kier alpha value is -2.15. The van der Waals surface area contributed by atoms with E-state index in [0.29, 0.717) is 18.1 Å². The molecule has 1 fully saturated rings. The van der Waals surface area contributed by atoms with Crippen LogP contribution < -0.4 is 5.32 Å². The zero-order chi connectivity index (χ0) is 16.9. The molecule has 7 heteroatoms. The smallest absolute Gasteiger partial charge is 0.255 e. The van der Waals surface area contributed by atoms with Gasteiger partial charge in [0, 0.05) is 26.3 Å². The molecule has 7 nitrogen and oxygen atoms in total. The molecule has 0 bridgehead atoms. The second-order valence-electron chi connectivity index (χ2n) is 6.39. The van der Waals surface area contributed by atoms with E-state index in [9.17, 15) is 4.79 Å². The van der Waals surface area contributed by atoms with Crippen LogP contribution >= 0.6 is 0 Å². The Balaban J connectivity index is 1.76. The average molecular weight is 331 g/mol. The van der Waals surface area contributed by atoms with Crippen molar-refractivity contribution in [1.29, 1.82) is 0 Å². The molecule has 1 amide bonds. The monoisotopic (exact) mass is 331 g/mol. The average Bonchev–Trinajstić information content (AvgIpc) is 3.24. The highest BCUT2D eigenvalue weighted by atomic mass is 16.5. The Morgan fingerprint density at radius 2 is 2.25 bits per heavy atom. The summed E-state index contributed by atoms with van der Waals surface area (Å²) in [4.78, 5) is 12.8. The lowest BCUT2D eigenvalue weighted by atomic mass is 9.85. The van der Waals surface area contributed by atoms with Crippen molar-refractivity contribution in [3.8, 4) is 0 Å². The number of H-pyrrole nitrogens is 1. The molecule has 2 aromatic heterocycles. The fourth-order valence-corrected chi connectivity index (χ4v) is 3.51. The molecule has 1 aliphatic rings. The minimum atomic E-state index is -0.246. The molecule has 0 unspecified atom stereocenters. The van der Waals surface area contributed by atoms with Crippen LogP contribution in [0.2, 0.25) is 0 Å². The number of rotatable bonds is 6. The van der Waals surface area contributed by atoms with E-state index < -0.39 is 0 Å². The molecule has 0 saturated heterocycles. The van der Waals surface area contributed by atoms with Gasteiger partial charge in [0.15, 0.2) is 0 Å². The van der Waals surface area contributed by atoms with Crippen LogP contribution in [0.25, 0.3) is 0 Å². The van der Waals surface area contributed by atoms with Crippen molar-refractivity contribution in [1.82, 2.24) is 25.3 Å². The van der Waals surface area contributed by atoms with Gasteiger partial charge in [-0.25, -0.2) is 0 Å². The van der Waals surface area contributed by atoms with Crippen LogP contribution in [0.15, 0.2) is 18.5 Å². The first kappa shape index (κ1) is 16.7. The van der Waals surface area contributed by atoms with Gasteiger partial charge in [-0.15, -0.1) is 0 Å². The van der Waals surface area contributed by atoms with Crippen LogP contribution in [0.3, 0.4) is 0 Å². The zero-order valence-corrected chi connectivity index (χ0v) is 14.3. The fraction of sp³-hybridized carbons (Fsp3) is 0.588.